The minimum Gasteiger partial charge on any atom is -0.393 e. The van der Waals surface area contributed by atoms with E-state index < -0.39 is 5.60 Å². The smallest absolute Gasteiger partial charge is 0.0771 e. The number of aliphatic hydroxyl groups is 2. The Morgan fingerprint density at radius 3 is 2.38 bits per heavy atom. The molecular formula is C10H19NO2. The Bertz CT molecular complexity index is 172. The van der Waals surface area contributed by atoms with Gasteiger partial charge in [0.05, 0.1) is 11.7 Å². The summed E-state index contributed by atoms with van der Waals surface area (Å²) < 4.78 is 0. The zero-order valence-electron chi connectivity index (χ0n) is 8.00. The maximum Gasteiger partial charge on any atom is 0.0771 e. The van der Waals surface area contributed by atoms with Crippen molar-refractivity contribution in [2.24, 2.45) is 0 Å². The molecule has 13 heavy (non-hydrogen) atoms. The fourth-order valence-corrected chi connectivity index (χ4v) is 2.30. The summed E-state index contributed by atoms with van der Waals surface area (Å²) in [5, 5.41) is 22.4. The minimum atomic E-state index is -0.444. The zero-order chi connectivity index (χ0) is 9.31. The molecule has 0 radical (unpaired) electrons. The van der Waals surface area contributed by atoms with Gasteiger partial charge in [-0.1, -0.05) is 12.8 Å². The van der Waals surface area contributed by atoms with Gasteiger partial charge in [0.15, 0.2) is 0 Å². The van der Waals surface area contributed by atoms with E-state index in [0.717, 1.165) is 38.5 Å². The number of aliphatic hydroxyl groups excluding tert-OH is 1. The molecule has 3 N–H and O–H groups in total. The highest BCUT2D eigenvalue weighted by Gasteiger charge is 2.33. The van der Waals surface area contributed by atoms with Gasteiger partial charge >= 0.3 is 0 Å². The first kappa shape index (κ1) is 9.44. The molecule has 2 aliphatic carbocycles. The van der Waals surface area contributed by atoms with Gasteiger partial charge in [-0.15, -0.1) is 0 Å². The SMILES string of the molecule is OC1CC(NCC2(O)CCCC2)C1. The fourth-order valence-electron chi connectivity index (χ4n) is 2.30. The minimum absolute atomic E-state index is 0.101. The number of hydrogen-bond acceptors (Lipinski definition) is 3. The van der Waals surface area contributed by atoms with E-state index in [0.29, 0.717) is 12.6 Å². The first-order chi connectivity index (χ1) is 6.18. The molecule has 76 valence electrons. The maximum absolute atomic E-state index is 10.0. The summed E-state index contributed by atoms with van der Waals surface area (Å²) in [6.07, 6.45) is 5.81. The van der Waals surface area contributed by atoms with Gasteiger partial charge in [0, 0.05) is 12.6 Å². The van der Waals surface area contributed by atoms with Crippen LogP contribution in [0.2, 0.25) is 0 Å². The van der Waals surface area contributed by atoms with Crippen molar-refractivity contribution in [2.45, 2.75) is 56.3 Å². The molecule has 0 atom stereocenters. The number of rotatable bonds is 3. The lowest BCUT2D eigenvalue weighted by Gasteiger charge is -2.35. The van der Waals surface area contributed by atoms with Crippen LogP contribution >= 0.6 is 0 Å². The number of nitrogens with one attached hydrogen (secondary N) is 1. The lowest BCUT2D eigenvalue weighted by Crippen LogP contribution is -2.49. The topological polar surface area (TPSA) is 52.5 Å². The predicted octanol–water partition coefficient (Wildman–Crippen LogP) is 0.404. The van der Waals surface area contributed by atoms with E-state index in [-0.39, 0.29) is 6.10 Å². The monoisotopic (exact) mass is 185 g/mol. The van der Waals surface area contributed by atoms with Gasteiger partial charge in [0.2, 0.25) is 0 Å². The summed E-state index contributed by atoms with van der Waals surface area (Å²) in [5.74, 6) is 0. The van der Waals surface area contributed by atoms with Crippen molar-refractivity contribution < 1.29 is 10.2 Å². The molecule has 3 heteroatoms. The third-order valence-electron chi connectivity index (χ3n) is 3.37. The molecule has 2 aliphatic rings. The summed E-state index contributed by atoms with van der Waals surface area (Å²) in [6.45, 7) is 0.713. The van der Waals surface area contributed by atoms with Crippen molar-refractivity contribution in [2.75, 3.05) is 6.54 Å². The third kappa shape index (κ3) is 2.22. The molecule has 2 saturated carbocycles. The van der Waals surface area contributed by atoms with Crippen molar-refractivity contribution in [1.29, 1.82) is 0 Å². The molecule has 3 nitrogen and oxygen atoms in total. The first-order valence-corrected chi connectivity index (χ1v) is 5.32. The van der Waals surface area contributed by atoms with Crippen molar-refractivity contribution in [3.8, 4) is 0 Å². The predicted molar refractivity (Wildman–Crippen MR) is 50.4 cm³/mol. The Balaban J connectivity index is 1.67. The van der Waals surface area contributed by atoms with E-state index in [4.69, 9.17) is 5.11 Å². The van der Waals surface area contributed by atoms with E-state index >= 15 is 0 Å². The van der Waals surface area contributed by atoms with E-state index in [2.05, 4.69) is 5.32 Å². The summed E-state index contributed by atoms with van der Waals surface area (Å²) in [7, 11) is 0. The summed E-state index contributed by atoms with van der Waals surface area (Å²) in [4.78, 5) is 0. The lowest BCUT2D eigenvalue weighted by atomic mass is 9.88. The van der Waals surface area contributed by atoms with Crippen LogP contribution < -0.4 is 5.32 Å². The van der Waals surface area contributed by atoms with Gasteiger partial charge < -0.3 is 15.5 Å². The van der Waals surface area contributed by atoms with Crippen LogP contribution in [-0.2, 0) is 0 Å². The van der Waals surface area contributed by atoms with E-state index in [1.54, 1.807) is 0 Å². The lowest BCUT2D eigenvalue weighted by molar-refractivity contribution is 0.0210. The van der Waals surface area contributed by atoms with Crippen molar-refractivity contribution in [3.63, 3.8) is 0 Å². The van der Waals surface area contributed by atoms with Gasteiger partial charge in [0.1, 0.15) is 0 Å². The van der Waals surface area contributed by atoms with Crippen molar-refractivity contribution >= 4 is 0 Å². The van der Waals surface area contributed by atoms with Gasteiger partial charge in [0.25, 0.3) is 0 Å². The van der Waals surface area contributed by atoms with Crippen LogP contribution in [0.1, 0.15) is 38.5 Å². The highest BCUT2D eigenvalue weighted by molar-refractivity contribution is 4.91. The Hall–Kier alpha value is -0.120. The van der Waals surface area contributed by atoms with E-state index in [9.17, 15) is 5.11 Å². The molecule has 0 saturated heterocycles. The van der Waals surface area contributed by atoms with Gasteiger partial charge in [-0.3, -0.25) is 0 Å². The Labute approximate surface area is 79.2 Å². The second-order valence-electron chi connectivity index (χ2n) is 4.63. The second-order valence-corrected chi connectivity index (χ2v) is 4.63. The van der Waals surface area contributed by atoms with Crippen LogP contribution in [0, 0.1) is 0 Å². The Kier molecular flexibility index (Phi) is 2.58. The van der Waals surface area contributed by atoms with E-state index in [1.165, 1.54) is 0 Å². The average molecular weight is 185 g/mol. The van der Waals surface area contributed by atoms with Gasteiger partial charge in [-0.05, 0) is 25.7 Å². The standard InChI is InChI=1S/C10H19NO2/c12-9-5-8(6-9)11-7-10(13)3-1-2-4-10/h8-9,11-13H,1-7H2. The highest BCUT2D eigenvalue weighted by atomic mass is 16.3. The molecular weight excluding hydrogens is 166 g/mol. The summed E-state index contributed by atoms with van der Waals surface area (Å²) >= 11 is 0. The Morgan fingerprint density at radius 2 is 1.85 bits per heavy atom. The molecule has 0 heterocycles. The summed E-state index contributed by atoms with van der Waals surface area (Å²) in [5.41, 5.74) is -0.444. The molecule has 0 aromatic rings. The van der Waals surface area contributed by atoms with Gasteiger partial charge in [-0.2, -0.15) is 0 Å². The molecule has 2 rings (SSSR count). The van der Waals surface area contributed by atoms with Crippen LogP contribution in [0.15, 0.2) is 0 Å². The van der Waals surface area contributed by atoms with Crippen LogP contribution in [0.4, 0.5) is 0 Å². The highest BCUT2D eigenvalue weighted by Crippen LogP contribution is 2.29. The van der Waals surface area contributed by atoms with Crippen molar-refractivity contribution in [3.05, 3.63) is 0 Å². The zero-order valence-corrected chi connectivity index (χ0v) is 8.00. The number of hydrogen-bond donors (Lipinski definition) is 3. The van der Waals surface area contributed by atoms with Crippen LogP contribution in [0.25, 0.3) is 0 Å². The average Bonchev–Trinajstić information content (AvgIpc) is 2.45. The van der Waals surface area contributed by atoms with Crippen molar-refractivity contribution in [1.82, 2.24) is 5.32 Å². The summed E-state index contributed by atoms with van der Waals surface area (Å²) in [6, 6.07) is 0.444. The second kappa shape index (κ2) is 3.56. The fraction of sp³-hybridized carbons (Fsp3) is 1.00. The molecule has 0 amide bonds. The quantitative estimate of drug-likeness (QED) is 0.596. The van der Waals surface area contributed by atoms with E-state index in [1.807, 2.05) is 0 Å². The van der Waals surface area contributed by atoms with Crippen LogP contribution in [0.5, 0.6) is 0 Å². The third-order valence-corrected chi connectivity index (χ3v) is 3.37. The van der Waals surface area contributed by atoms with Crippen LogP contribution in [0.3, 0.4) is 0 Å². The maximum atomic E-state index is 10.0. The molecule has 0 unspecified atom stereocenters. The first-order valence-electron chi connectivity index (χ1n) is 5.32. The van der Waals surface area contributed by atoms with Crippen LogP contribution in [-0.4, -0.2) is 34.5 Å². The largest absolute Gasteiger partial charge is 0.393 e. The molecule has 0 aromatic carbocycles. The Morgan fingerprint density at radius 1 is 1.23 bits per heavy atom. The molecule has 2 fully saturated rings. The molecule has 0 aliphatic heterocycles. The molecule has 0 aromatic heterocycles. The normalized spacial score (nSPS) is 37.4. The molecule has 0 bridgehead atoms. The molecule has 0 spiro atoms. The van der Waals surface area contributed by atoms with Gasteiger partial charge in [-0.25, -0.2) is 0 Å².